The lowest BCUT2D eigenvalue weighted by atomic mass is 9.89. The van der Waals surface area contributed by atoms with Gasteiger partial charge in [0.2, 0.25) is 0 Å². The molecule has 0 spiro atoms. The number of benzene rings is 1. The van der Waals surface area contributed by atoms with Crippen molar-refractivity contribution < 1.29 is 0 Å². The Morgan fingerprint density at radius 1 is 1.31 bits per heavy atom. The molecule has 1 aromatic rings. The minimum atomic E-state index is 0.660. The Morgan fingerprint density at radius 3 is 2.88 bits per heavy atom. The van der Waals surface area contributed by atoms with E-state index in [1.165, 1.54) is 24.8 Å². The first-order chi connectivity index (χ1) is 7.83. The van der Waals surface area contributed by atoms with Gasteiger partial charge in [0.1, 0.15) is 0 Å². The molecule has 0 aromatic heterocycles. The van der Waals surface area contributed by atoms with E-state index < -0.39 is 0 Å². The monoisotopic (exact) mass is 237 g/mol. The van der Waals surface area contributed by atoms with Crippen molar-refractivity contribution in [2.45, 2.75) is 32.1 Å². The van der Waals surface area contributed by atoms with Crippen LogP contribution in [0, 0.1) is 5.92 Å². The van der Waals surface area contributed by atoms with Crippen LogP contribution in [-0.4, -0.2) is 13.1 Å². The Morgan fingerprint density at radius 2 is 2.12 bits per heavy atom. The zero-order valence-electron chi connectivity index (χ0n) is 9.88. The van der Waals surface area contributed by atoms with E-state index in [-0.39, 0.29) is 0 Å². The normalized spacial score (nSPS) is 24.9. The van der Waals surface area contributed by atoms with E-state index in [1.54, 1.807) is 0 Å². The van der Waals surface area contributed by atoms with Gasteiger partial charge < -0.3 is 5.32 Å². The van der Waals surface area contributed by atoms with Crippen molar-refractivity contribution in [1.29, 1.82) is 0 Å². The van der Waals surface area contributed by atoms with E-state index in [9.17, 15) is 0 Å². The Balaban J connectivity index is 2.10. The largest absolute Gasteiger partial charge is 0.317 e. The molecule has 0 amide bonds. The molecule has 2 unspecified atom stereocenters. The van der Waals surface area contributed by atoms with Crippen LogP contribution in [0.3, 0.4) is 0 Å². The topological polar surface area (TPSA) is 12.0 Å². The Labute approximate surface area is 103 Å². The molecule has 2 rings (SSSR count). The first-order valence-electron chi connectivity index (χ1n) is 6.28. The molecular formula is C14H20ClN. The van der Waals surface area contributed by atoms with Crippen LogP contribution in [0.25, 0.3) is 0 Å². The summed E-state index contributed by atoms with van der Waals surface area (Å²) in [4.78, 5) is 0. The summed E-state index contributed by atoms with van der Waals surface area (Å²) in [6.45, 7) is 4.36. The van der Waals surface area contributed by atoms with Gasteiger partial charge in [-0.1, -0.05) is 43.1 Å². The van der Waals surface area contributed by atoms with E-state index in [1.807, 2.05) is 12.1 Å². The van der Waals surface area contributed by atoms with Crippen LogP contribution in [0.15, 0.2) is 24.3 Å². The van der Waals surface area contributed by atoms with Crippen LogP contribution in [-0.2, 0) is 0 Å². The smallest absolute Gasteiger partial charge is 0.0440 e. The maximum atomic E-state index is 6.28. The summed E-state index contributed by atoms with van der Waals surface area (Å²) in [6.07, 6.45) is 3.97. The van der Waals surface area contributed by atoms with Gasteiger partial charge in [-0.3, -0.25) is 0 Å². The first-order valence-corrected chi connectivity index (χ1v) is 6.66. The third-order valence-corrected chi connectivity index (χ3v) is 3.96. The van der Waals surface area contributed by atoms with Crippen molar-refractivity contribution in [3.63, 3.8) is 0 Å². The van der Waals surface area contributed by atoms with Crippen LogP contribution in [0.2, 0.25) is 5.02 Å². The highest BCUT2D eigenvalue weighted by Crippen LogP contribution is 2.41. The standard InChI is InChI=1S/C14H20ClN/c1-2-16-10-11-6-5-8-12(11)13-7-3-4-9-14(13)15/h3-4,7,9,11-12,16H,2,5-6,8,10H2,1H3. The van der Waals surface area contributed by atoms with Gasteiger partial charge in [-0.25, -0.2) is 0 Å². The molecule has 1 saturated carbocycles. The van der Waals surface area contributed by atoms with Crippen molar-refractivity contribution >= 4 is 11.6 Å². The molecule has 1 aliphatic carbocycles. The Hall–Kier alpha value is -0.530. The lowest BCUT2D eigenvalue weighted by Gasteiger charge is -2.21. The maximum Gasteiger partial charge on any atom is 0.0440 e. The third-order valence-electron chi connectivity index (χ3n) is 3.62. The summed E-state index contributed by atoms with van der Waals surface area (Å²) in [7, 11) is 0. The maximum absolute atomic E-state index is 6.28. The van der Waals surface area contributed by atoms with Crippen molar-refractivity contribution in [3.8, 4) is 0 Å². The molecule has 2 atom stereocenters. The second-order valence-electron chi connectivity index (χ2n) is 4.63. The molecular weight excluding hydrogens is 218 g/mol. The molecule has 1 nitrogen and oxygen atoms in total. The highest BCUT2D eigenvalue weighted by atomic mass is 35.5. The van der Waals surface area contributed by atoms with Crippen molar-refractivity contribution in [3.05, 3.63) is 34.9 Å². The van der Waals surface area contributed by atoms with Gasteiger partial charge in [-0.05, 0) is 49.4 Å². The number of halogens is 1. The SMILES string of the molecule is CCNCC1CCCC1c1ccccc1Cl. The van der Waals surface area contributed by atoms with Gasteiger partial charge >= 0.3 is 0 Å². The second kappa shape index (κ2) is 5.70. The molecule has 1 aliphatic rings. The summed E-state index contributed by atoms with van der Waals surface area (Å²) in [5.41, 5.74) is 1.35. The molecule has 2 heteroatoms. The minimum Gasteiger partial charge on any atom is -0.317 e. The fraction of sp³-hybridized carbons (Fsp3) is 0.571. The zero-order chi connectivity index (χ0) is 11.4. The molecule has 0 aliphatic heterocycles. The fourth-order valence-electron chi connectivity index (χ4n) is 2.80. The van der Waals surface area contributed by atoms with Crippen molar-refractivity contribution in [2.24, 2.45) is 5.92 Å². The van der Waals surface area contributed by atoms with Crippen LogP contribution < -0.4 is 5.32 Å². The zero-order valence-corrected chi connectivity index (χ0v) is 10.6. The van der Waals surface area contributed by atoms with Gasteiger partial charge in [0.25, 0.3) is 0 Å². The van der Waals surface area contributed by atoms with E-state index in [4.69, 9.17) is 11.6 Å². The van der Waals surface area contributed by atoms with E-state index in [0.29, 0.717) is 5.92 Å². The average molecular weight is 238 g/mol. The van der Waals surface area contributed by atoms with Gasteiger partial charge in [0, 0.05) is 5.02 Å². The quantitative estimate of drug-likeness (QED) is 0.839. The minimum absolute atomic E-state index is 0.660. The van der Waals surface area contributed by atoms with Crippen LogP contribution in [0.5, 0.6) is 0 Å². The molecule has 0 bridgehead atoms. The van der Waals surface area contributed by atoms with Crippen LogP contribution in [0.4, 0.5) is 0 Å². The van der Waals surface area contributed by atoms with Crippen molar-refractivity contribution in [1.82, 2.24) is 5.32 Å². The summed E-state index contributed by atoms with van der Waals surface area (Å²) >= 11 is 6.28. The van der Waals surface area contributed by atoms with Gasteiger partial charge in [-0.15, -0.1) is 0 Å². The summed E-state index contributed by atoms with van der Waals surface area (Å²) in [6, 6.07) is 8.32. The lowest BCUT2D eigenvalue weighted by Crippen LogP contribution is -2.24. The van der Waals surface area contributed by atoms with Crippen LogP contribution >= 0.6 is 11.6 Å². The molecule has 0 heterocycles. The lowest BCUT2D eigenvalue weighted by molar-refractivity contribution is 0.450. The molecule has 88 valence electrons. The average Bonchev–Trinajstić information content (AvgIpc) is 2.75. The first kappa shape index (κ1) is 11.9. The van der Waals surface area contributed by atoms with Gasteiger partial charge in [0.15, 0.2) is 0 Å². The Kier molecular flexibility index (Phi) is 4.25. The third kappa shape index (κ3) is 2.58. The van der Waals surface area contributed by atoms with Gasteiger partial charge in [0.05, 0.1) is 0 Å². The predicted octanol–water partition coefficient (Wildman–Crippen LogP) is 3.83. The number of rotatable bonds is 4. The summed E-state index contributed by atoms with van der Waals surface area (Å²) < 4.78 is 0. The summed E-state index contributed by atoms with van der Waals surface area (Å²) in [5, 5.41) is 4.41. The van der Waals surface area contributed by atoms with Gasteiger partial charge in [-0.2, -0.15) is 0 Å². The molecule has 1 aromatic carbocycles. The van der Waals surface area contributed by atoms with E-state index >= 15 is 0 Å². The predicted molar refractivity (Wildman–Crippen MR) is 70.1 cm³/mol. The van der Waals surface area contributed by atoms with Crippen LogP contribution in [0.1, 0.15) is 37.7 Å². The number of nitrogens with one attached hydrogen (secondary N) is 1. The summed E-state index contributed by atoms with van der Waals surface area (Å²) in [5.74, 6) is 1.42. The Bertz CT molecular complexity index is 337. The highest BCUT2D eigenvalue weighted by molar-refractivity contribution is 6.31. The fourth-order valence-corrected chi connectivity index (χ4v) is 3.07. The number of hydrogen-bond donors (Lipinski definition) is 1. The second-order valence-corrected chi connectivity index (χ2v) is 5.03. The van der Waals surface area contributed by atoms with Crippen molar-refractivity contribution in [2.75, 3.05) is 13.1 Å². The van der Waals surface area contributed by atoms with E-state index in [2.05, 4.69) is 24.4 Å². The van der Waals surface area contributed by atoms with E-state index in [0.717, 1.165) is 24.0 Å². The molecule has 16 heavy (non-hydrogen) atoms. The number of hydrogen-bond acceptors (Lipinski definition) is 1. The molecule has 0 radical (unpaired) electrons. The highest BCUT2D eigenvalue weighted by Gasteiger charge is 2.29. The molecule has 1 N–H and O–H groups in total. The molecule has 1 fully saturated rings. The molecule has 0 saturated heterocycles.